The van der Waals surface area contributed by atoms with Crippen LogP contribution in [0.4, 0.5) is 11.4 Å². The van der Waals surface area contributed by atoms with Crippen LogP contribution >= 0.6 is 0 Å². The molecule has 4 rings (SSSR count). The van der Waals surface area contributed by atoms with E-state index in [9.17, 15) is 19.7 Å². The average molecular weight is 432 g/mol. The van der Waals surface area contributed by atoms with Crippen molar-refractivity contribution in [3.63, 3.8) is 0 Å². The minimum absolute atomic E-state index is 0.0802. The van der Waals surface area contributed by atoms with Gasteiger partial charge in [0.15, 0.2) is 12.4 Å². The zero-order chi connectivity index (χ0) is 22.7. The fourth-order valence-corrected chi connectivity index (χ4v) is 3.75. The molecule has 0 aliphatic heterocycles. The Morgan fingerprint density at radius 2 is 1.81 bits per heavy atom. The Morgan fingerprint density at radius 3 is 2.59 bits per heavy atom. The van der Waals surface area contributed by atoms with Gasteiger partial charge in [-0.15, -0.1) is 0 Å². The summed E-state index contributed by atoms with van der Waals surface area (Å²) in [5.41, 5.74) is 4.75. The second-order valence-corrected chi connectivity index (χ2v) is 7.34. The number of benzene rings is 3. The molecular weight excluding hydrogens is 412 g/mol. The van der Waals surface area contributed by atoms with Crippen molar-refractivity contribution in [1.82, 2.24) is 0 Å². The Labute approximate surface area is 183 Å². The van der Waals surface area contributed by atoms with Gasteiger partial charge in [0.05, 0.1) is 17.1 Å². The van der Waals surface area contributed by atoms with Crippen molar-refractivity contribution in [3.05, 3.63) is 93.0 Å². The predicted molar refractivity (Wildman–Crippen MR) is 118 cm³/mol. The molecule has 2 N–H and O–H groups in total. The van der Waals surface area contributed by atoms with Gasteiger partial charge in [-0.25, -0.2) is 4.79 Å². The SMILES string of the molecule is O=C(COC(=O)c1cc([N+](=O)[O-])ccc1NCCO)c1ccc2c(c1)-c1ccccc1C2. The van der Waals surface area contributed by atoms with E-state index in [1.165, 1.54) is 17.7 Å². The number of hydrogen-bond donors (Lipinski definition) is 2. The first-order valence-electron chi connectivity index (χ1n) is 10.0. The second-order valence-electron chi connectivity index (χ2n) is 7.34. The molecule has 0 radical (unpaired) electrons. The number of carbonyl (C=O) groups excluding carboxylic acids is 2. The monoisotopic (exact) mass is 432 g/mol. The lowest BCUT2D eigenvalue weighted by atomic mass is 10.0. The molecule has 1 aliphatic carbocycles. The molecular formula is C24H20N2O6. The number of nitro benzene ring substituents is 1. The normalized spacial score (nSPS) is 11.4. The fraction of sp³-hybridized carbons (Fsp3) is 0.167. The fourth-order valence-electron chi connectivity index (χ4n) is 3.75. The standard InChI is InChI=1S/C24H20N2O6/c27-10-9-25-22-8-7-18(26(30)31)13-21(22)24(29)32-14-23(28)17-6-5-16-11-15-3-1-2-4-19(15)20(16)12-17/h1-8,12-13,25,27H,9-11,14H2. The molecule has 0 fully saturated rings. The molecule has 0 saturated heterocycles. The van der Waals surface area contributed by atoms with Gasteiger partial charge in [0, 0.05) is 29.9 Å². The molecule has 0 atom stereocenters. The van der Waals surface area contributed by atoms with E-state index >= 15 is 0 Å². The number of hydrogen-bond acceptors (Lipinski definition) is 7. The molecule has 0 aromatic heterocycles. The smallest absolute Gasteiger partial charge is 0.340 e. The highest BCUT2D eigenvalue weighted by Crippen LogP contribution is 2.36. The van der Waals surface area contributed by atoms with Gasteiger partial charge in [0.25, 0.3) is 5.69 Å². The molecule has 32 heavy (non-hydrogen) atoms. The third-order valence-electron chi connectivity index (χ3n) is 5.32. The number of non-ortho nitro benzene ring substituents is 1. The number of aliphatic hydroxyl groups excluding tert-OH is 1. The zero-order valence-corrected chi connectivity index (χ0v) is 17.0. The lowest BCUT2D eigenvalue weighted by Crippen LogP contribution is -2.17. The van der Waals surface area contributed by atoms with Crippen molar-refractivity contribution in [2.75, 3.05) is 25.1 Å². The summed E-state index contributed by atoms with van der Waals surface area (Å²) in [5.74, 6) is -1.24. The van der Waals surface area contributed by atoms with Gasteiger partial charge >= 0.3 is 5.97 Å². The number of anilines is 1. The summed E-state index contributed by atoms with van der Waals surface area (Å²) in [6.45, 7) is -0.541. The first-order chi connectivity index (χ1) is 15.5. The Bertz CT molecular complexity index is 1220. The topological polar surface area (TPSA) is 119 Å². The number of ketones is 1. The first-order valence-corrected chi connectivity index (χ1v) is 10.0. The Hall–Kier alpha value is -4.04. The van der Waals surface area contributed by atoms with E-state index in [2.05, 4.69) is 11.4 Å². The Kier molecular flexibility index (Phi) is 5.96. The number of ether oxygens (including phenoxy) is 1. The molecule has 8 nitrogen and oxygen atoms in total. The Morgan fingerprint density at radius 1 is 1.03 bits per heavy atom. The van der Waals surface area contributed by atoms with Crippen molar-refractivity contribution in [1.29, 1.82) is 0 Å². The molecule has 0 heterocycles. The van der Waals surface area contributed by atoms with E-state index < -0.39 is 17.5 Å². The highest BCUT2D eigenvalue weighted by Gasteiger charge is 2.22. The summed E-state index contributed by atoms with van der Waals surface area (Å²) in [6, 6.07) is 17.1. The number of nitrogens with zero attached hydrogens (tertiary/aromatic N) is 1. The summed E-state index contributed by atoms with van der Waals surface area (Å²) in [6.07, 6.45) is 0.811. The molecule has 0 saturated carbocycles. The number of nitrogens with one attached hydrogen (secondary N) is 1. The largest absolute Gasteiger partial charge is 0.454 e. The summed E-state index contributed by atoms with van der Waals surface area (Å²) in [7, 11) is 0. The molecule has 8 heteroatoms. The second kappa shape index (κ2) is 8.99. The number of esters is 1. The molecule has 3 aromatic carbocycles. The van der Waals surface area contributed by atoms with Crippen LogP contribution in [0.15, 0.2) is 60.7 Å². The maximum absolute atomic E-state index is 12.7. The molecule has 0 unspecified atom stereocenters. The summed E-state index contributed by atoms with van der Waals surface area (Å²) < 4.78 is 5.17. The van der Waals surface area contributed by atoms with E-state index in [1.54, 1.807) is 12.1 Å². The molecule has 1 aliphatic rings. The van der Waals surface area contributed by atoms with Crippen LogP contribution < -0.4 is 5.32 Å². The van der Waals surface area contributed by atoms with Crippen LogP contribution in [0.1, 0.15) is 31.8 Å². The number of rotatable bonds is 8. The van der Waals surface area contributed by atoms with Gasteiger partial charge in [0.2, 0.25) is 0 Å². The Balaban J connectivity index is 1.50. The maximum Gasteiger partial charge on any atom is 0.340 e. The predicted octanol–water partition coefficient (Wildman–Crippen LogP) is 3.61. The zero-order valence-electron chi connectivity index (χ0n) is 17.0. The van der Waals surface area contributed by atoms with Gasteiger partial charge in [-0.05, 0) is 40.8 Å². The average Bonchev–Trinajstić information content (AvgIpc) is 3.18. The number of carbonyl (C=O) groups is 2. The third-order valence-corrected chi connectivity index (χ3v) is 5.32. The number of Topliss-reactive ketones (excluding diaryl/α,β-unsaturated/α-hetero) is 1. The molecule has 3 aromatic rings. The maximum atomic E-state index is 12.7. The van der Waals surface area contributed by atoms with Crippen LogP contribution in [-0.2, 0) is 11.2 Å². The molecule has 0 bridgehead atoms. The molecule has 0 spiro atoms. The highest BCUT2D eigenvalue weighted by molar-refractivity contribution is 6.02. The number of nitro groups is 1. The van der Waals surface area contributed by atoms with E-state index in [-0.39, 0.29) is 35.9 Å². The minimum atomic E-state index is -0.867. The van der Waals surface area contributed by atoms with E-state index in [1.807, 2.05) is 24.3 Å². The highest BCUT2D eigenvalue weighted by atomic mass is 16.6. The summed E-state index contributed by atoms with van der Waals surface area (Å²) >= 11 is 0. The van der Waals surface area contributed by atoms with E-state index in [0.717, 1.165) is 29.2 Å². The van der Waals surface area contributed by atoms with Crippen LogP contribution in [0.3, 0.4) is 0 Å². The lowest BCUT2D eigenvalue weighted by molar-refractivity contribution is -0.384. The van der Waals surface area contributed by atoms with Crippen LogP contribution in [0, 0.1) is 10.1 Å². The van der Waals surface area contributed by atoms with Crippen molar-refractivity contribution >= 4 is 23.1 Å². The van der Waals surface area contributed by atoms with Gasteiger partial charge < -0.3 is 15.2 Å². The van der Waals surface area contributed by atoms with Gasteiger partial charge in [0.1, 0.15) is 0 Å². The van der Waals surface area contributed by atoms with Crippen LogP contribution in [0.5, 0.6) is 0 Å². The third kappa shape index (κ3) is 4.21. The van der Waals surface area contributed by atoms with Crippen molar-refractivity contribution in [2.24, 2.45) is 0 Å². The van der Waals surface area contributed by atoms with Crippen molar-refractivity contribution < 1.29 is 24.4 Å². The van der Waals surface area contributed by atoms with Gasteiger partial charge in [-0.1, -0.05) is 36.4 Å². The van der Waals surface area contributed by atoms with Crippen LogP contribution in [0.25, 0.3) is 11.1 Å². The number of fused-ring (bicyclic) bond motifs is 3. The van der Waals surface area contributed by atoms with Crippen molar-refractivity contribution in [2.45, 2.75) is 6.42 Å². The number of aliphatic hydroxyl groups is 1. The lowest BCUT2D eigenvalue weighted by Gasteiger charge is -2.11. The molecule has 162 valence electrons. The van der Waals surface area contributed by atoms with E-state index in [0.29, 0.717) is 5.56 Å². The summed E-state index contributed by atoms with van der Waals surface area (Å²) in [4.78, 5) is 35.7. The van der Waals surface area contributed by atoms with Gasteiger partial charge in [-0.3, -0.25) is 14.9 Å². The first kappa shape index (κ1) is 21.2. The van der Waals surface area contributed by atoms with Crippen LogP contribution in [0.2, 0.25) is 0 Å². The quantitative estimate of drug-likeness (QED) is 0.189. The van der Waals surface area contributed by atoms with Gasteiger partial charge in [-0.2, -0.15) is 0 Å². The van der Waals surface area contributed by atoms with E-state index in [4.69, 9.17) is 9.84 Å². The summed E-state index contributed by atoms with van der Waals surface area (Å²) in [5, 5.41) is 22.9. The van der Waals surface area contributed by atoms with Crippen molar-refractivity contribution in [3.8, 4) is 11.1 Å². The minimum Gasteiger partial charge on any atom is -0.454 e. The molecule has 0 amide bonds. The van der Waals surface area contributed by atoms with Crippen LogP contribution in [-0.4, -0.2) is 41.5 Å².